The number of hydrogen-bond acceptors (Lipinski definition) is 2. The van der Waals surface area contributed by atoms with Crippen molar-refractivity contribution in [3.63, 3.8) is 0 Å². The summed E-state index contributed by atoms with van der Waals surface area (Å²) in [6.07, 6.45) is 0.940. The molecule has 2 rings (SSSR count). The average Bonchev–Trinajstić information content (AvgIpc) is 2.56. The van der Waals surface area contributed by atoms with Gasteiger partial charge in [-0.15, -0.1) is 0 Å². The Morgan fingerprint density at radius 1 is 1.44 bits per heavy atom. The Morgan fingerprint density at radius 2 is 2.25 bits per heavy atom. The van der Waals surface area contributed by atoms with Crippen molar-refractivity contribution >= 4 is 22.6 Å². The first-order valence-corrected chi connectivity index (χ1v) is 5.71. The monoisotopic (exact) mass is 238 g/mol. The molecule has 0 amide bonds. The Morgan fingerprint density at radius 3 is 3.00 bits per heavy atom. The molecule has 3 nitrogen and oxygen atoms in total. The summed E-state index contributed by atoms with van der Waals surface area (Å²) in [5, 5.41) is 0.553. The topological polar surface area (TPSA) is 27.1 Å². The maximum absolute atomic E-state index is 6.11. The molecule has 0 aliphatic carbocycles. The highest BCUT2D eigenvalue weighted by Crippen LogP contribution is 2.21. The number of imidazole rings is 1. The zero-order chi connectivity index (χ0) is 11.5. The number of methoxy groups -OCH3 is 1. The average molecular weight is 239 g/mol. The fraction of sp³-hybridized carbons (Fsp3) is 0.417. The Bertz CT molecular complexity index is 493. The quantitative estimate of drug-likeness (QED) is 0.766. The van der Waals surface area contributed by atoms with Crippen molar-refractivity contribution < 1.29 is 4.74 Å². The largest absolute Gasteiger partial charge is 0.385 e. The standard InChI is InChI=1S/C12H15ClN2O/c1-9-4-5-10-11(8-9)15(12(13)14-10)6-3-7-16-2/h4-5,8H,3,6-7H2,1-2H3. The van der Waals surface area contributed by atoms with E-state index >= 15 is 0 Å². The molecule has 86 valence electrons. The number of rotatable bonds is 4. The SMILES string of the molecule is COCCCn1c(Cl)nc2ccc(C)cc21. The van der Waals surface area contributed by atoms with Gasteiger partial charge in [0.2, 0.25) is 5.28 Å². The van der Waals surface area contributed by atoms with Crippen molar-refractivity contribution in [3.05, 3.63) is 29.0 Å². The molecule has 0 unspecified atom stereocenters. The second-order valence-corrected chi connectivity index (χ2v) is 4.21. The van der Waals surface area contributed by atoms with E-state index in [-0.39, 0.29) is 0 Å². The van der Waals surface area contributed by atoms with Gasteiger partial charge in [-0.1, -0.05) is 6.07 Å². The third kappa shape index (κ3) is 2.20. The van der Waals surface area contributed by atoms with Gasteiger partial charge in [-0.05, 0) is 42.6 Å². The molecule has 16 heavy (non-hydrogen) atoms. The second-order valence-electron chi connectivity index (χ2n) is 3.87. The number of aromatic nitrogens is 2. The maximum Gasteiger partial charge on any atom is 0.203 e. The number of hydrogen-bond donors (Lipinski definition) is 0. The third-order valence-electron chi connectivity index (χ3n) is 2.59. The van der Waals surface area contributed by atoms with Gasteiger partial charge in [0.05, 0.1) is 11.0 Å². The lowest BCUT2D eigenvalue weighted by molar-refractivity contribution is 0.190. The summed E-state index contributed by atoms with van der Waals surface area (Å²) in [6, 6.07) is 6.16. The van der Waals surface area contributed by atoms with Gasteiger partial charge in [-0.3, -0.25) is 0 Å². The number of benzene rings is 1. The molecule has 4 heteroatoms. The summed E-state index contributed by atoms with van der Waals surface area (Å²) in [4.78, 5) is 4.32. The molecular formula is C12H15ClN2O. The Kier molecular flexibility index (Phi) is 3.46. The number of halogens is 1. The van der Waals surface area contributed by atoms with E-state index in [4.69, 9.17) is 16.3 Å². The lowest BCUT2D eigenvalue weighted by Gasteiger charge is -2.05. The summed E-state index contributed by atoms with van der Waals surface area (Å²) < 4.78 is 7.07. The molecule has 0 bridgehead atoms. The van der Waals surface area contributed by atoms with Crippen LogP contribution in [0.25, 0.3) is 11.0 Å². The van der Waals surface area contributed by atoms with E-state index in [2.05, 4.69) is 18.0 Å². The van der Waals surface area contributed by atoms with Crippen molar-refractivity contribution in [1.82, 2.24) is 9.55 Å². The highest BCUT2D eigenvalue weighted by molar-refractivity contribution is 6.29. The molecule has 0 atom stereocenters. The summed E-state index contributed by atoms with van der Waals surface area (Å²) in [5.74, 6) is 0. The molecule has 1 aromatic heterocycles. The summed E-state index contributed by atoms with van der Waals surface area (Å²) in [6.45, 7) is 3.65. The first-order valence-electron chi connectivity index (χ1n) is 5.33. The van der Waals surface area contributed by atoms with E-state index in [1.165, 1.54) is 5.56 Å². The van der Waals surface area contributed by atoms with Gasteiger partial charge in [-0.25, -0.2) is 4.98 Å². The molecule has 0 fully saturated rings. The smallest absolute Gasteiger partial charge is 0.203 e. The molecule has 2 aromatic rings. The molecule has 0 aliphatic heterocycles. The van der Waals surface area contributed by atoms with E-state index in [0.717, 1.165) is 30.6 Å². The van der Waals surface area contributed by atoms with Crippen molar-refractivity contribution in [2.45, 2.75) is 19.9 Å². The Labute approximate surface area is 100.0 Å². The number of aryl methyl sites for hydroxylation is 2. The fourth-order valence-electron chi connectivity index (χ4n) is 1.78. The van der Waals surface area contributed by atoms with E-state index in [0.29, 0.717) is 5.28 Å². The van der Waals surface area contributed by atoms with Crippen LogP contribution in [0.5, 0.6) is 0 Å². The molecule has 0 saturated carbocycles. The first kappa shape index (κ1) is 11.4. The molecule has 0 aliphatic rings. The number of nitrogens with zero attached hydrogens (tertiary/aromatic N) is 2. The van der Waals surface area contributed by atoms with E-state index in [1.54, 1.807) is 7.11 Å². The molecule has 0 N–H and O–H groups in total. The fourth-order valence-corrected chi connectivity index (χ4v) is 2.05. The Hall–Kier alpha value is -1.06. The highest BCUT2D eigenvalue weighted by Gasteiger charge is 2.08. The Balaban J connectivity index is 2.34. The molecule has 1 aromatic carbocycles. The van der Waals surface area contributed by atoms with Crippen molar-refractivity contribution in [2.75, 3.05) is 13.7 Å². The predicted octanol–water partition coefficient (Wildman–Crippen LogP) is 3.03. The molecular weight excluding hydrogens is 224 g/mol. The van der Waals surface area contributed by atoms with Crippen LogP contribution in [0.4, 0.5) is 0 Å². The van der Waals surface area contributed by atoms with Gasteiger partial charge < -0.3 is 9.30 Å². The lowest BCUT2D eigenvalue weighted by atomic mass is 10.2. The summed E-state index contributed by atoms with van der Waals surface area (Å²) >= 11 is 6.11. The number of ether oxygens (including phenoxy) is 1. The zero-order valence-corrected chi connectivity index (χ0v) is 10.3. The van der Waals surface area contributed by atoms with Crippen LogP contribution in [0.15, 0.2) is 18.2 Å². The van der Waals surface area contributed by atoms with E-state index in [9.17, 15) is 0 Å². The minimum atomic E-state index is 0.553. The van der Waals surface area contributed by atoms with Gasteiger partial charge in [-0.2, -0.15) is 0 Å². The van der Waals surface area contributed by atoms with Crippen LogP contribution in [0, 0.1) is 6.92 Å². The molecule has 1 heterocycles. The van der Waals surface area contributed by atoms with Crippen molar-refractivity contribution in [1.29, 1.82) is 0 Å². The molecule has 0 saturated heterocycles. The predicted molar refractivity (Wildman–Crippen MR) is 66.0 cm³/mol. The maximum atomic E-state index is 6.11. The highest BCUT2D eigenvalue weighted by atomic mass is 35.5. The van der Waals surface area contributed by atoms with Gasteiger partial charge >= 0.3 is 0 Å². The van der Waals surface area contributed by atoms with Crippen LogP contribution in [0.1, 0.15) is 12.0 Å². The normalized spacial score (nSPS) is 11.2. The molecule has 0 spiro atoms. The number of fused-ring (bicyclic) bond motifs is 1. The van der Waals surface area contributed by atoms with Gasteiger partial charge in [0.1, 0.15) is 0 Å². The van der Waals surface area contributed by atoms with Crippen molar-refractivity contribution in [2.24, 2.45) is 0 Å². The summed E-state index contributed by atoms with van der Waals surface area (Å²) in [5.41, 5.74) is 3.27. The van der Waals surface area contributed by atoms with Gasteiger partial charge in [0, 0.05) is 20.3 Å². The summed E-state index contributed by atoms with van der Waals surface area (Å²) in [7, 11) is 1.71. The lowest BCUT2D eigenvalue weighted by Crippen LogP contribution is -2.01. The molecule has 0 radical (unpaired) electrons. The van der Waals surface area contributed by atoms with Crippen LogP contribution in [0.2, 0.25) is 5.28 Å². The van der Waals surface area contributed by atoms with Gasteiger partial charge in [0.15, 0.2) is 0 Å². The van der Waals surface area contributed by atoms with E-state index < -0.39 is 0 Å². The van der Waals surface area contributed by atoms with Crippen LogP contribution in [-0.2, 0) is 11.3 Å². The van der Waals surface area contributed by atoms with Crippen LogP contribution < -0.4 is 0 Å². The minimum absolute atomic E-state index is 0.553. The minimum Gasteiger partial charge on any atom is -0.385 e. The van der Waals surface area contributed by atoms with Gasteiger partial charge in [0.25, 0.3) is 0 Å². The van der Waals surface area contributed by atoms with Crippen molar-refractivity contribution in [3.8, 4) is 0 Å². The second kappa shape index (κ2) is 4.85. The zero-order valence-electron chi connectivity index (χ0n) is 9.53. The van der Waals surface area contributed by atoms with Crippen LogP contribution in [0.3, 0.4) is 0 Å². The first-order chi connectivity index (χ1) is 7.72. The van der Waals surface area contributed by atoms with Crippen LogP contribution >= 0.6 is 11.6 Å². The van der Waals surface area contributed by atoms with Crippen LogP contribution in [-0.4, -0.2) is 23.3 Å². The third-order valence-corrected chi connectivity index (χ3v) is 2.88. The van der Waals surface area contributed by atoms with E-state index in [1.807, 2.05) is 16.7 Å².